The van der Waals surface area contributed by atoms with Gasteiger partial charge in [-0.25, -0.2) is 8.78 Å². The van der Waals surface area contributed by atoms with Gasteiger partial charge in [0.1, 0.15) is 17.7 Å². The molecule has 0 bridgehead atoms. The van der Waals surface area contributed by atoms with Crippen LogP contribution in [0.3, 0.4) is 0 Å². The second-order valence-electron chi connectivity index (χ2n) is 6.03. The van der Waals surface area contributed by atoms with Crippen molar-refractivity contribution in [2.45, 2.75) is 31.8 Å². The number of thiophene rings is 1. The molecule has 2 unspecified atom stereocenters. The van der Waals surface area contributed by atoms with Crippen molar-refractivity contribution in [1.29, 1.82) is 0 Å². The molecule has 1 N–H and O–H groups in total. The van der Waals surface area contributed by atoms with Gasteiger partial charge in [-0.15, -0.1) is 11.3 Å². The number of hydrogen-bond acceptors (Lipinski definition) is 3. The number of halogens is 2. The molecule has 0 radical (unpaired) electrons. The zero-order chi connectivity index (χ0) is 18.0. The van der Waals surface area contributed by atoms with Crippen LogP contribution in [0.1, 0.15) is 41.0 Å². The number of rotatable bonds is 4. The van der Waals surface area contributed by atoms with Crippen LogP contribution < -0.4 is 5.32 Å². The molecule has 0 saturated carbocycles. The molecule has 1 aliphatic rings. The molecule has 2 aromatic rings. The van der Waals surface area contributed by atoms with Gasteiger partial charge in [0.05, 0.1) is 10.9 Å². The smallest absolute Gasteiger partial charge is 0.264 e. The lowest BCUT2D eigenvalue weighted by molar-refractivity contribution is -0.125. The highest BCUT2D eigenvalue weighted by atomic mass is 32.1. The summed E-state index contributed by atoms with van der Waals surface area (Å²) in [5.41, 5.74) is 0.212. The third-order valence-corrected chi connectivity index (χ3v) is 5.19. The summed E-state index contributed by atoms with van der Waals surface area (Å²) in [5, 5.41) is 4.55. The molecule has 2 amide bonds. The van der Waals surface area contributed by atoms with E-state index in [1.54, 1.807) is 24.0 Å². The van der Waals surface area contributed by atoms with E-state index < -0.39 is 23.7 Å². The maximum atomic E-state index is 13.9. The Balaban J connectivity index is 1.70. The van der Waals surface area contributed by atoms with Crippen molar-refractivity contribution in [2.75, 3.05) is 6.54 Å². The second-order valence-corrected chi connectivity index (χ2v) is 6.98. The van der Waals surface area contributed by atoms with E-state index in [4.69, 9.17) is 0 Å². The van der Waals surface area contributed by atoms with Crippen LogP contribution in [0.5, 0.6) is 0 Å². The fraction of sp³-hybridized carbons (Fsp3) is 0.333. The van der Waals surface area contributed by atoms with Crippen molar-refractivity contribution in [3.63, 3.8) is 0 Å². The lowest BCUT2D eigenvalue weighted by Gasteiger charge is -2.25. The minimum Gasteiger partial charge on any atom is -0.348 e. The molecular weight excluding hydrogens is 346 g/mol. The first-order valence-electron chi connectivity index (χ1n) is 8.07. The monoisotopic (exact) mass is 364 g/mol. The number of benzene rings is 1. The first kappa shape index (κ1) is 17.5. The molecule has 1 aromatic heterocycles. The Hall–Kier alpha value is -2.28. The van der Waals surface area contributed by atoms with Gasteiger partial charge in [-0.05, 0) is 37.3 Å². The summed E-state index contributed by atoms with van der Waals surface area (Å²) in [4.78, 5) is 27.3. The maximum absolute atomic E-state index is 13.9. The highest BCUT2D eigenvalue weighted by Crippen LogP contribution is 2.24. The van der Waals surface area contributed by atoms with E-state index in [1.165, 1.54) is 17.4 Å². The van der Waals surface area contributed by atoms with Crippen molar-refractivity contribution in [3.8, 4) is 0 Å². The van der Waals surface area contributed by atoms with Crippen molar-refractivity contribution in [1.82, 2.24) is 10.2 Å². The van der Waals surface area contributed by atoms with Gasteiger partial charge in [0, 0.05) is 18.2 Å². The molecular formula is C18H18F2N2O2S. The van der Waals surface area contributed by atoms with Gasteiger partial charge in [0.15, 0.2) is 0 Å². The molecule has 2 heterocycles. The third-order valence-electron chi connectivity index (χ3n) is 4.34. The minimum absolute atomic E-state index is 0.159. The van der Waals surface area contributed by atoms with E-state index in [1.807, 2.05) is 5.38 Å². The van der Waals surface area contributed by atoms with Crippen molar-refractivity contribution in [3.05, 3.63) is 57.8 Å². The van der Waals surface area contributed by atoms with Gasteiger partial charge in [0.25, 0.3) is 5.91 Å². The first-order chi connectivity index (χ1) is 12.0. The summed E-state index contributed by atoms with van der Waals surface area (Å²) in [6.07, 6.45) is 1.32. The molecule has 1 fully saturated rings. The number of nitrogens with zero attached hydrogens (tertiary/aromatic N) is 1. The van der Waals surface area contributed by atoms with Gasteiger partial charge < -0.3 is 10.2 Å². The predicted molar refractivity (Wildman–Crippen MR) is 91.3 cm³/mol. The van der Waals surface area contributed by atoms with Gasteiger partial charge in [-0.3, -0.25) is 9.59 Å². The van der Waals surface area contributed by atoms with E-state index in [2.05, 4.69) is 5.32 Å². The highest BCUT2D eigenvalue weighted by molar-refractivity contribution is 7.12. The second kappa shape index (κ2) is 7.31. The van der Waals surface area contributed by atoms with E-state index in [0.29, 0.717) is 17.8 Å². The Labute approximate surface area is 148 Å². The van der Waals surface area contributed by atoms with Crippen LogP contribution in [0.2, 0.25) is 0 Å². The first-order valence-corrected chi connectivity index (χ1v) is 8.95. The molecule has 7 heteroatoms. The number of amides is 2. The Morgan fingerprint density at radius 1 is 1.32 bits per heavy atom. The molecule has 132 valence electrons. The van der Waals surface area contributed by atoms with Gasteiger partial charge in [-0.2, -0.15) is 0 Å². The van der Waals surface area contributed by atoms with Crippen LogP contribution in [0.15, 0.2) is 35.7 Å². The summed E-state index contributed by atoms with van der Waals surface area (Å²) in [7, 11) is 0. The maximum Gasteiger partial charge on any atom is 0.264 e. The fourth-order valence-corrected chi connectivity index (χ4v) is 3.74. The zero-order valence-electron chi connectivity index (χ0n) is 13.7. The van der Waals surface area contributed by atoms with E-state index in [0.717, 1.165) is 18.6 Å². The number of hydrogen-bond donors (Lipinski definition) is 1. The molecule has 2 atom stereocenters. The average molecular weight is 364 g/mol. The van der Waals surface area contributed by atoms with Gasteiger partial charge >= 0.3 is 0 Å². The van der Waals surface area contributed by atoms with Crippen LogP contribution in [0.25, 0.3) is 0 Å². The summed E-state index contributed by atoms with van der Waals surface area (Å²) < 4.78 is 26.9. The molecule has 4 nitrogen and oxygen atoms in total. The van der Waals surface area contributed by atoms with E-state index in [9.17, 15) is 18.4 Å². The summed E-state index contributed by atoms with van der Waals surface area (Å²) in [6.45, 7) is 2.16. The Morgan fingerprint density at radius 3 is 2.80 bits per heavy atom. The van der Waals surface area contributed by atoms with Crippen molar-refractivity contribution < 1.29 is 18.4 Å². The standard InChI is InChI=1S/C18H18F2N2O2S/c1-11(13-7-6-12(19)10-14(13)20)21-17(23)15-4-2-8-22(15)18(24)16-5-3-9-25-16/h3,5-7,9-11,15H,2,4,8H2,1H3,(H,21,23). The quantitative estimate of drug-likeness (QED) is 0.903. The SMILES string of the molecule is CC(NC(=O)C1CCCN1C(=O)c1cccs1)c1ccc(F)cc1F. The van der Waals surface area contributed by atoms with Crippen molar-refractivity contribution >= 4 is 23.2 Å². The molecule has 1 aromatic carbocycles. The average Bonchev–Trinajstić information content (AvgIpc) is 3.25. The Morgan fingerprint density at radius 2 is 2.12 bits per heavy atom. The van der Waals surface area contributed by atoms with E-state index >= 15 is 0 Å². The van der Waals surface area contributed by atoms with Crippen LogP contribution in [-0.4, -0.2) is 29.3 Å². The zero-order valence-corrected chi connectivity index (χ0v) is 14.5. The number of carbonyl (C=O) groups is 2. The Kier molecular flexibility index (Phi) is 5.13. The fourth-order valence-electron chi connectivity index (χ4n) is 3.06. The topological polar surface area (TPSA) is 49.4 Å². The highest BCUT2D eigenvalue weighted by Gasteiger charge is 2.35. The molecule has 3 rings (SSSR count). The number of likely N-dealkylation sites (tertiary alicyclic amines) is 1. The van der Waals surface area contributed by atoms with E-state index in [-0.39, 0.29) is 17.4 Å². The van der Waals surface area contributed by atoms with Crippen LogP contribution >= 0.6 is 11.3 Å². The van der Waals surface area contributed by atoms with Crippen molar-refractivity contribution in [2.24, 2.45) is 0 Å². The van der Waals surface area contributed by atoms with Crippen LogP contribution in [-0.2, 0) is 4.79 Å². The largest absolute Gasteiger partial charge is 0.348 e. The minimum atomic E-state index is -0.703. The summed E-state index contributed by atoms with van der Waals surface area (Å²) in [6, 6.07) is 5.61. The van der Waals surface area contributed by atoms with Crippen LogP contribution in [0, 0.1) is 11.6 Å². The molecule has 1 saturated heterocycles. The number of nitrogens with one attached hydrogen (secondary N) is 1. The molecule has 0 spiro atoms. The molecule has 25 heavy (non-hydrogen) atoms. The predicted octanol–water partition coefficient (Wildman–Crippen LogP) is 3.51. The third kappa shape index (κ3) is 3.71. The van der Waals surface area contributed by atoms with Gasteiger partial charge in [-0.1, -0.05) is 12.1 Å². The normalized spacial score (nSPS) is 18.2. The summed E-state index contributed by atoms with van der Waals surface area (Å²) >= 11 is 1.34. The summed E-state index contributed by atoms with van der Waals surface area (Å²) in [5.74, 6) is -1.85. The lowest BCUT2D eigenvalue weighted by Crippen LogP contribution is -2.46. The Bertz CT molecular complexity index is 779. The van der Waals surface area contributed by atoms with Crippen LogP contribution in [0.4, 0.5) is 8.78 Å². The molecule has 1 aliphatic heterocycles. The number of carbonyl (C=O) groups excluding carboxylic acids is 2. The van der Waals surface area contributed by atoms with Gasteiger partial charge in [0.2, 0.25) is 5.91 Å². The lowest BCUT2D eigenvalue weighted by atomic mass is 10.1. The molecule has 0 aliphatic carbocycles.